The van der Waals surface area contributed by atoms with Crippen LogP contribution in [0.3, 0.4) is 0 Å². The van der Waals surface area contributed by atoms with E-state index in [1.807, 2.05) is 0 Å². The first-order chi connectivity index (χ1) is 33.3. The Morgan fingerprint density at radius 2 is 0.776 bits per heavy atom. The van der Waals surface area contributed by atoms with Gasteiger partial charge in [0.05, 0.1) is 48.9 Å². The lowest BCUT2D eigenvalue weighted by molar-refractivity contribution is 0.664. The van der Waals surface area contributed by atoms with Crippen LogP contribution in [0.1, 0.15) is 0 Å². The Morgan fingerprint density at radius 3 is 1.37 bits per heavy atom. The van der Waals surface area contributed by atoms with Gasteiger partial charge in [0.1, 0.15) is 11.2 Å². The van der Waals surface area contributed by atoms with Crippen LogP contribution in [-0.2, 0) is 0 Å². The molecular formula is C60H36N3OP3. The molecule has 6 aromatic heterocycles. The van der Waals surface area contributed by atoms with Crippen molar-refractivity contribution >= 4 is 130 Å². The molecular weight excluding hydrogens is 872 g/mol. The van der Waals surface area contributed by atoms with E-state index in [-0.39, 0.29) is 0 Å². The second-order valence-corrected chi connectivity index (χ2v) is 24.0. The highest BCUT2D eigenvalue weighted by Crippen LogP contribution is 2.66. The Kier molecular flexibility index (Phi) is 7.33. The third kappa shape index (κ3) is 4.70. The van der Waals surface area contributed by atoms with E-state index in [1.165, 1.54) is 101 Å². The zero-order chi connectivity index (χ0) is 43.5. The van der Waals surface area contributed by atoms with Crippen molar-refractivity contribution < 1.29 is 4.42 Å². The Balaban J connectivity index is 1.29. The van der Waals surface area contributed by atoms with Gasteiger partial charge in [-0.25, -0.2) is 0 Å². The molecule has 0 aliphatic heterocycles. The van der Waals surface area contributed by atoms with E-state index in [1.54, 1.807) is 0 Å². The molecule has 0 saturated heterocycles. The first kappa shape index (κ1) is 36.5. The number of aromatic nitrogens is 3. The normalized spacial score (nSPS) is 13.3. The van der Waals surface area contributed by atoms with Gasteiger partial charge in [-0.05, 0) is 82.0 Å². The molecule has 10 aromatic carbocycles. The Labute approximate surface area is 385 Å². The van der Waals surface area contributed by atoms with Gasteiger partial charge in [-0.15, -0.1) is 0 Å². The number of benzene rings is 10. The van der Waals surface area contributed by atoms with Crippen molar-refractivity contribution in [3.05, 3.63) is 218 Å². The first-order valence-corrected chi connectivity index (χ1v) is 26.9. The number of hydrogen-bond acceptors (Lipinski definition) is 1. The van der Waals surface area contributed by atoms with Gasteiger partial charge in [0.25, 0.3) is 0 Å². The fraction of sp³-hybridized carbons (Fsp3) is 0. The van der Waals surface area contributed by atoms with E-state index in [0.29, 0.717) is 0 Å². The van der Waals surface area contributed by atoms with Crippen molar-refractivity contribution in [3.63, 3.8) is 0 Å². The average molecular weight is 908 g/mol. The van der Waals surface area contributed by atoms with Crippen molar-refractivity contribution in [2.45, 2.75) is 0 Å². The summed E-state index contributed by atoms with van der Waals surface area (Å²) >= 11 is 0. The molecule has 16 rings (SSSR count). The monoisotopic (exact) mass is 907 g/mol. The summed E-state index contributed by atoms with van der Waals surface area (Å²) < 4.78 is 15.5. The highest BCUT2D eigenvalue weighted by molar-refractivity contribution is 7.70. The largest absolute Gasteiger partial charge is 0.455 e. The molecule has 16 aromatic rings. The van der Waals surface area contributed by atoms with Crippen molar-refractivity contribution in [1.82, 2.24) is 13.5 Å². The molecule has 0 amide bonds. The number of para-hydroxylation sites is 4. The molecule has 7 heteroatoms. The van der Waals surface area contributed by atoms with Gasteiger partial charge in [0, 0.05) is 47.7 Å². The van der Waals surface area contributed by atoms with Gasteiger partial charge in [-0.3, -0.25) is 0 Å². The summed E-state index contributed by atoms with van der Waals surface area (Å²) in [4.78, 5) is 0. The van der Waals surface area contributed by atoms with E-state index in [9.17, 15) is 0 Å². The number of hydrogen-bond donors (Lipinski definition) is 0. The van der Waals surface area contributed by atoms with Gasteiger partial charge >= 0.3 is 0 Å². The molecule has 3 atom stereocenters. The van der Waals surface area contributed by atoms with Crippen LogP contribution in [-0.4, -0.2) is 13.5 Å². The lowest BCUT2D eigenvalue weighted by Gasteiger charge is -2.28. The topological polar surface area (TPSA) is 27.4 Å². The molecule has 0 fully saturated rings. The Hall–Kier alpha value is -7.70. The third-order valence-electron chi connectivity index (χ3n) is 14.3. The molecule has 0 N–H and O–H groups in total. The SMILES string of the molecule is c1ccc(-n2c3ccccc3n3c4c5c(cc6oc7cc8c9ccccc9p(-c9ccccc9)c8c8c7p(c64)c4c(ccc2c43)n8-c2ccccc2)c2ccccc2p5-c2ccccc2)cc1. The number of nitrogens with zero attached hydrogens (tertiary/aromatic N) is 3. The highest BCUT2D eigenvalue weighted by Gasteiger charge is 2.31. The van der Waals surface area contributed by atoms with Crippen LogP contribution in [0.5, 0.6) is 0 Å². The number of fused-ring (bicyclic) bond motifs is 11. The van der Waals surface area contributed by atoms with Crippen LogP contribution in [0.25, 0.3) is 129 Å². The first-order valence-electron chi connectivity index (χ1n) is 22.9. The lowest BCUT2D eigenvalue weighted by Crippen LogP contribution is -2.08. The van der Waals surface area contributed by atoms with E-state index < -0.39 is 22.4 Å². The molecule has 0 aliphatic rings. The highest BCUT2D eigenvalue weighted by atomic mass is 31.1. The average Bonchev–Trinajstić information content (AvgIpc) is 3.91. The molecule has 3 unspecified atom stereocenters. The van der Waals surface area contributed by atoms with E-state index >= 15 is 0 Å². The maximum absolute atomic E-state index is 7.68. The maximum atomic E-state index is 7.68. The molecule has 312 valence electrons. The summed E-state index contributed by atoms with van der Waals surface area (Å²) in [6, 6.07) is 81.7. The van der Waals surface area contributed by atoms with Crippen molar-refractivity contribution in [2.24, 2.45) is 0 Å². The molecule has 6 heterocycles. The Bertz CT molecular complexity index is 4720. The summed E-state index contributed by atoms with van der Waals surface area (Å²) in [6.07, 6.45) is 0. The van der Waals surface area contributed by atoms with Crippen LogP contribution >= 0.6 is 22.4 Å². The minimum Gasteiger partial charge on any atom is -0.455 e. The van der Waals surface area contributed by atoms with Crippen LogP contribution in [0.2, 0.25) is 0 Å². The van der Waals surface area contributed by atoms with Gasteiger partial charge in [0.15, 0.2) is 0 Å². The van der Waals surface area contributed by atoms with Crippen LogP contribution < -0.4 is 0 Å². The van der Waals surface area contributed by atoms with Gasteiger partial charge in [-0.1, -0.05) is 180 Å². The fourth-order valence-electron chi connectivity index (χ4n) is 11.8. The number of rotatable bonds is 4. The van der Waals surface area contributed by atoms with Crippen molar-refractivity contribution in [2.75, 3.05) is 0 Å². The zero-order valence-electron chi connectivity index (χ0n) is 35.9. The zero-order valence-corrected chi connectivity index (χ0v) is 38.6. The molecule has 67 heavy (non-hydrogen) atoms. The molecule has 0 aliphatic carbocycles. The van der Waals surface area contributed by atoms with Crippen molar-refractivity contribution in [1.29, 1.82) is 0 Å². The van der Waals surface area contributed by atoms with Crippen molar-refractivity contribution in [3.8, 4) is 22.0 Å². The van der Waals surface area contributed by atoms with E-state index in [2.05, 4.69) is 232 Å². The molecule has 0 spiro atoms. The molecule has 0 saturated carbocycles. The van der Waals surface area contributed by atoms with E-state index in [4.69, 9.17) is 4.42 Å². The standard InChI is InChI=1S/C60H36N3OP3/c1-5-19-37(20-6-1)61-45-29-15-16-30-46(45)63-53-47(61)33-34-48-58(53)67-59-49(64-50-36-44-42-28-14-18-32-52(42)66(40-25-11-4-12-26-40)57(44)55(63)60(50)67)35-43-41-27-13-17-31-51(41)65(39-23-9-3-10-24-39)56(43)54(59)62(48)38-21-7-2-8-22-38/h1-36H. The smallest absolute Gasteiger partial charge is 0.141 e. The van der Waals surface area contributed by atoms with Gasteiger partial charge in [0.2, 0.25) is 0 Å². The van der Waals surface area contributed by atoms with Gasteiger partial charge in [-0.2, -0.15) is 0 Å². The van der Waals surface area contributed by atoms with Crippen LogP contribution in [0, 0.1) is 0 Å². The quantitative estimate of drug-likeness (QED) is 0.128. The summed E-state index contributed by atoms with van der Waals surface area (Å²) in [5.74, 6) is 0. The second kappa shape index (κ2) is 13.4. The summed E-state index contributed by atoms with van der Waals surface area (Å²) in [6.45, 7) is 0. The van der Waals surface area contributed by atoms with Gasteiger partial charge < -0.3 is 18.0 Å². The molecule has 4 nitrogen and oxygen atoms in total. The van der Waals surface area contributed by atoms with Crippen LogP contribution in [0.4, 0.5) is 0 Å². The van der Waals surface area contributed by atoms with Crippen LogP contribution in [0.15, 0.2) is 223 Å². The summed E-state index contributed by atoms with van der Waals surface area (Å²) in [5, 5.41) is 17.6. The third-order valence-corrected chi connectivity index (χ3v) is 22.1. The Morgan fingerprint density at radius 1 is 0.313 bits per heavy atom. The second-order valence-electron chi connectivity index (χ2n) is 17.7. The molecule has 0 radical (unpaired) electrons. The predicted octanol–water partition coefficient (Wildman–Crippen LogP) is 18.9. The summed E-state index contributed by atoms with van der Waals surface area (Å²) in [7, 11) is -3.02. The summed E-state index contributed by atoms with van der Waals surface area (Å²) in [5.41, 5.74) is 12.9. The lowest BCUT2D eigenvalue weighted by atomic mass is 10.1. The van der Waals surface area contributed by atoms with E-state index in [0.717, 1.165) is 28.1 Å². The fourth-order valence-corrected chi connectivity index (χ4v) is 20.5. The molecule has 0 bridgehead atoms. The minimum atomic E-state index is -1.17. The maximum Gasteiger partial charge on any atom is 0.141 e. The predicted molar refractivity (Wildman–Crippen MR) is 290 cm³/mol. The minimum absolute atomic E-state index is 0.920.